The molecule has 0 aromatic carbocycles. The molecule has 0 fully saturated rings. The normalized spacial score (nSPS) is 11.8. The van der Waals surface area contributed by atoms with Crippen molar-refractivity contribution in [3.8, 4) is 0 Å². The molecule has 0 radical (unpaired) electrons. The summed E-state index contributed by atoms with van der Waals surface area (Å²) in [6.45, 7) is 11.1. The molecule has 0 unspecified atom stereocenters. The molecule has 0 aromatic rings. The van der Waals surface area contributed by atoms with E-state index in [9.17, 15) is 4.79 Å². The molecule has 15 heavy (non-hydrogen) atoms. The zero-order chi connectivity index (χ0) is 11.7. The third-order valence-corrected chi connectivity index (χ3v) is 1.65. The molecule has 0 amide bonds. The van der Waals surface area contributed by atoms with E-state index in [2.05, 4.69) is 13.2 Å². The van der Waals surface area contributed by atoms with Crippen molar-refractivity contribution in [2.24, 2.45) is 5.92 Å². The number of hydrogen-bond acceptors (Lipinski definition) is 2. The molecule has 0 aromatic heterocycles. The van der Waals surface area contributed by atoms with Gasteiger partial charge in [0.1, 0.15) is 6.61 Å². The lowest BCUT2D eigenvalue weighted by Crippen LogP contribution is -2.11. The molecule has 0 saturated heterocycles. The average Bonchev–Trinajstić information content (AvgIpc) is 2.22. The van der Waals surface area contributed by atoms with Crippen LogP contribution in [0.5, 0.6) is 0 Å². The molecule has 0 saturated carbocycles. The molecule has 2 heteroatoms. The van der Waals surface area contributed by atoms with Gasteiger partial charge in [0.2, 0.25) is 0 Å². The second kappa shape index (κ2) is 7.80. The van der Waals surface area contributed by atoms with Crippen LogP contribution in [0.25, 0.3) is 0 Å². The van der Waals surface area contributed by atoms with Gasteiger partial charge in [-0.15, -0.1) is 0 Å². The van der Waals surface area contributed by atoms with E-state index in [0.717, 1.165) is 5.57 Å². The van der Waals surface area contributed by atoms with E-state index in [4.69, 9.17) is 4.74 Å². The van der Waals surface area contributed by atoms with Crippen LogP contribution in [0.3, 0.4) is 0 Å². The molecule has 82 valence electrons. The molecule has 0 aliphatic carbocycles. The first kappa shape index (κ1) is 13.4. The standard InChI is InChI=1S/C13H18O2/c1-5-8-12(6-2)9-7-10-15-13(14)11(3)4/h5-9,11H,1-2,10H2,3-4H3/b9-7+,12-8+. The minimum absolute atomic E-state index is 0.0824. The maximum absolute atomic E-state index is 11.1. The summed E-state index contributed by atoms with van der Waals surface area (Å²) in [7, 11) is 0. The lowest BCUT2D eigenvalue weighted by molar-refractivity contribution is -0.146. The van der Waals surface area contributed by atoms with Gasteiger partial charge in [0, 0.05) is 0 Å². The second-order valence-electron chi connectivity index (χ2n) is 3.29. The number of carbonyl (C=O) groups excluding carboxylic acids is 1. The Bertz CT molecular complexity index is 283. The van der Waals surface area contributed by atoms with Gasteiger partial charge in [-0.2, -0.15) is 0 Å². The number of rotatable bonds is 6. The number of ether oxygens (including phenoxy) is 1. The predicted octanol–water partition coefficient (Wildman–Crippen LogP) is 3.04. The summed E-state index contributed by atoms with van der Waals surface area (Å²) in [6, 6.07) is 0. The van der Waals surface area contributed by atoms with Gasteiger partial charge in [0.15, 0.2) is 0 Å². The molecular formula is C13H18O2. The zero-order valence-electron chi connectivity index (χ0n) is 9.40. The number of esters is 1. The first-order valence-electron chi connectivity index (χ1n) is 4.90. The van der Waals surface area contributed by atoms with Crippen LogP contribution >= 0.6 is 0 Å². The SMILES string of the molecule is C=C/C=C(C=C)/C=C/COC(=O)C(C)C. The Labute approximate surface area is 91.6 Å². The summed E-state index contributed by atoms with van der Waals surface area (Å²) in [6.07, 6.45) is 8.83. The van der Waals surface area contributed by atoms with Crippen LogP contribution in [0.4, 0.5) is 0 Å². The predicted molar refractivity (Wildman–Crippen MR) is 63.4 cm³/mol. The van der Waals surface area contributed by atoms with Crippen molar-refractivity contribution in [2.45, 2.75) is 13.8 Å². The van der Waals surface area contributed by atoms with Crippen molar-refractivity contribution in [1.82, 2.24) is 0 Å². The Hall–Kier alpha value is -1.57. The van der Waals surface area contributed by atoms with Gasteiger partial charge in [0.25, 0.3) is 0 Å². The largest absolute Gasteiger partial charge is 0.461 e. The third-order valence-electron chi connectivity index (χ3n) is 1.65. The second-order valence-corrected chi connectivity index (χ2v) is 3.29. The Balaban J connectivity index is 3.99. The Kier molecular flexibility index (Phi) is 6.98. The highest BCUT2D eigenvalue weighted by Crippen LogP contribution is 1.99. The maximum atomic E-state index is 11.1. The summed E-state index contributed by atoms with van der Waals surface area (Å²) in [5.74, 6) is -0.270. The molecule has 0 bridgehead atoms. The highest BCUT2D eigenvalue weighted by atomic mass is 16.5. The lowest BCUT2D eigenvalue weighted by Gasteiger charge is -2.03. The van der Waals surface area contributed by atoms with Gasteiger partial charge >= 0.3 is 5.97 Å². The van der Waals surface area contributed by atoms with E-state index in [1.807, 2.05) is 12.2 Å². The van der Waals surface area contributed by atoms with Gasteiger partial charge < -0.3 is 4.74 Å². The van der Waals surface area contributed by atoms with Crippen LogP contribution in [0.15, 0.2) is 49.1 Å². The fourth-order valence-corrected chi connectivity index (χ4v) is 0.809. The molecule has 0 aliphatic heterocycles. The first-order chi connectivity index (χ1) is 7.11. The fraction of sp³-hybridized carbons (Fsp3) is 0.308. The molecule has 0 heterocycles. The van der Waals surface area contributed by atoms with Crippen molar-refractivity contribution < 1.29 is 9.53 Å². The summed E-state index contributed by atoms with van der Waals surface area (Å²) in [5, 5.41) is 0. The summed E-state index contributed by atoms with van der Waals surface area (Å²) < 4.78 is 4.96. The smallest absolute Gasteiger partial charge is 0.308 e. The van der Waals surface area contributed by atoms with Crippen LogP contribution in [-0.4, -0.2) is 12.6 Å². The average molecular weight is 206 g/mol. The van der Waals surface area contributed by atoms with E-state index in [1.54, 1.807) is 32.1 Å². The van der Waals surface area contributed by atoms with E-state index >= 15 is 0 Å². The Morgan fingerprint density at radius 2 is 2.07 bits per heavy atom. The Morgan fingerprint density at radius 3 is 2.53 bits per heavy atom. The highest BCUT2D eigenvalue weighted by Gasteiger charge is 2.05. The van der Waals surface area contributed by atoms with E-state index < -0.39 is 0 Å². The monoisotopic (exact) mass is 206 g/mol. The van der Waals surface area contributed by atoms with E-state index in [0.29, 0.717) is 6.61 Å². The van der Waals surface area contributed by atoms with Crippen molar-refractivity contribution in [3.63, 3.8) is 0 Å². The minimum atomic E-state index is -0.187. The van der Waals surface area contributed by atoms with Gasteiger partial charge in [-0.05, 0) is 11.6 Å². The molecule has 0 spiro atoms. The summed E-state index contributed by atoms with van der Waals surface area (Å²) in [4.78, 5) is 11.1. The number of hydrogen-bond donors (Lipinski definition) is 0. The van der Waals surface area contributed by atoms with Crippen LogP contribution in [0.1, 0.15) is 13.8 Å². The summed E-state index contributed by atoms with van der Waals surface area (Å²) in [5.41, 5.74) is 0.936. The number of allylic oxidation sites excluding steroid dienone is 5. The zero-order valence-corrected chi connectivity index (χ0v) is 9.40. The summed E-state index contributed by atoms with van der Waals surface area (Å²) >= 11 is 0. The van der Waals surface area contributed by atoms with Gasteiger partial charge in [-0.3, -0.25) is 4.79 Å². The van der Waals surface area contributed by atoms with Crippen molar-refractivity contribution in [1.29, 1.82) is 0 Å². The number of carbonyl (C=O) groups is 1. The minimum Gasteiger partial charge on any atom is -0.461 e. The topological polar surface area (TPSA) is 26.3 Å². The van der Waals surface area contributed by atoms with Gasteiger partial charge in [-0.1, -0.05) is 51.3 Å². The van der Waals surface area contributed by atoms with Crippen LogP contribution in [0.2, 0.25) is 0 Å². The maximum Gasteiger partial charge on any atom is 0.308 e. The van der Waals surface area contributed by atoms with E-state index in [1.165, 1.54) is 0 Å². The molecule has 0 N–H and O–H groups in total. The van der Waals surface area contributed by atoms with Gasteiger partial charge in [0.05, 0.1) is 5.92 Å². The fourth-order valence-electron chi connectivity index (χ4n) is 0.809. The molecule has 0 rings (SSSR count). The van der Waals surface area contributed by atoms with Crippen LogP contribution < -0.4 is 0 Å². The van der Waals surface area contributed by atoms with Crippen LogP contribution in [-0.2, 0) is 9.53 Å². The molecule has 2 nitrogen and oxygen atoms in total. The highest BCUT2D eigenvalue weighted by molar-refractivity contribution is 5.71. The van der Waals surface area contributed by atoms with Gasteiger partial charge in [-0.25, -0.2) is 0 Å². The third kappa shape index (κ3) is 6.49. The molecular weight excluding hydrogens is 188 g/mol. The van der Waals surface area contributed by atoms with Crippen molar-refractivity contribution >= 4 is 5.97 Å². The molecule has 0 atom stereocenters. The molecule has 0 aliphatic rings. The van der Waals surface area contributed by atoms with Crippen molar-refractivity contribution in [2.75, 3.05) is 6.61 Å². The quantitative estimate of drug-likeness (QED) is 0.493. The van der Waals surface area contributed by atoms with Crippen molar-refractivity contribution in [3.05, 3.63) is 49.1 Å². The van der Waals surface area contributed by atoms with E-state index in [-0.39, 0.29) is 11.9 Å². The Morgan fingerprint density at radius 1 is 1.40 bits per heavy atom. The van der Waals surface area contributed by atoms with Crippen LogP contribution in [0, 0.1) is 5.92 Å². The lowest BCUT2D eigenvalue weighted by atomic mass is 10.2. The first-order valence-corrected chi connectivity index (χ1v) is 4.90.